The average Bonchev–Trinajstić information content (AvgIpc) is 2.98. The zero-order valence-electron chi connectivity index (χ0n) is 14.0. The number of ether oxygens (including phenoxy) is 1. The molecule has 6 heteroatoms. The lowest BCUT2D eigenvalue weighted by molar-refractivity contribution is 0.415. The van der Waals surface area contributed by atoms with E-state index in [1.165, 1.54) is 0 Å². The van der Waals surface area contributed by atoms with Gasteiger partial charge in [0.25, 0.3) is 0 Å². The number of imidazole rings is 1. The highest BCUT2D eigenvalue weighted by atomic mass is 16.5. The van der Waals surface area contributed by atoms with E-state index in [1.807, 2.05) is 60.0 Å². The van der Waals surface area contributed by atoms with E-state index in [9.17, 15) is 0 Å². The average molecular weight is 331 g/mol. The number of aromatic nitrogens is 4. The third kappa shape index (κ3) is 2.89. The fourth-order valence-electron chi connectivity index (χ4n) is 2.81. The molecule has 0 aliphatic carbocycles. The molecular weight excluding hydrogens is 314 g/mol. The standard InChI is InChI=1S/C19H17N5O/c1-13-21-16-8-3-4-9-17(16)24(13)19-12-20-11-18(23-19)22-14-6-5-7-15(10-14)25-2/h3-12H,1-2H3,(H,22,23). The Morgan fingerprint density at radius 3 is 2.76 bits per heavy atom. The normalized spacial score (nSPS) is 10.8. The van der Waals surface area contributed by atoms with Crippen molar-refractivity contribution in [1.29, 1.82) is 0 Å². The van der Waals surface area contributed by atoms with Crippen LogP contribution in [0.25, 0.3) is 16.9 Å². The monoisotopic (exact) mass is 331 g/mol. The second kappa shape index (κ2) is 6.24. The van der Waals surface area contributed by atoms with E-state index in [-0.39, 0.29) is 0 Å². The lowest BCUT2D eigenvalue weighted by Gasteiger charge is -2.10. The summed E-state index contributed by atoms with van der Waals surface area (Å²) in [6.07, 6.45) is 3.43. The first-order valence-corrected chi connectivity index (χ1v) is 7.92. The Morgan fingerprint density at radius 1 is 1.00 bits per heavy atom. The molecule has 2 aromatic heterocycles. The first-order chi connectivity index (χ1) is 12.2. The van der Waals surface area contributed by atoms with Crippen molar-refractivity contribution in [3.05, 3.63) is 66.7 Å². The van der Waals surface area contributed by atoms with Gasteiger partial charge in [-0.3, -0.25) is 9.55 Å². The molecule has 0 aliphatic heterocycles. The molecule has 0 aliphatic rings. The van der Waals surface area contributed by atoms with Gasteiger partial charge < -0.3 is 10.1 Å². The summed E-state index contributed by atoms with van der Waals surface area (Å²) in [6.45, 7) is 1.96. The molecule has 0 atom stereocenters. The Hall–Kier alpha value is -3.41. The van der Waals surface area contributed by atoms with Gasteiger partial charge in [-0.1, -0.05) is 18.2 Å². The van der Waals surface area contributed by atoms with Crippen LogP contribution in [0.5, 0.6) is 5.75 Å². The van der Waals surface area contributed by atoms with Crippen LogP contribution in [0.2, 0.25) is 0 Å². The quantitative estimate of drug-likeness (QED) is 0.615. The number of aryl methyl sites for hydroxylation is 1. The molecule has 0 amide bonds. The van der Waals surface area contributed by atoms with Gasteiger partial charge in [-0.2, -0.15) is 0 Å². The topological polar surface area (TPSA) is 64.9 Å². The van der Waals surface area contributed by atoms with Gasteiger partial charge in [0.05, 0.1) is 30.5 Å². The summed E-state index contributed by atoms with van der Waals surface area (Å²) in [5.74, 6) is 3.03. The molecule has 4 rings (SSSR count). The number of para-hydroxylation sites is 2. The first kappa shape index (κ1) is 15.1. The van der Waals surface area contributed by atoms with Crippen molar-refractivity contribution < 1.29 is 4.74 Å². The maximum Gasteiger partial charge on any atom is 0.159 e. The molecule has 0 saturated carbocycles. The molecule has 25 heavy (non-hydrogen) atoms. The molecule has 6 nitrogen and oxygen atoms in total. The molecule has 0 bridgehead atoms. The molecule has 0 spiro atoms. The summed E-state index contributed by atoms with van der Waals surface area (Å²) in [4.78, 5) is 13.6. The van der Waals surface area contributed by atoms with Crippen LogP contribution in [0.3, 0.4) is 0 Å². The van der Waals surface area contributed by atoms with Crippen LogP contribution < -0.4 is 10.1 Å². The predicted octanol–water partition coefficient (Wildman–Crippen LogP) is 3.88. The van der Waals surface area contributed by atoms with E-state index in [4.69, 9.17) is 4.74 Å². The molecule has 0 fully saturated rings. The van der Waals surface area contributed by atoms with Gasteiger partial charge in [-0.15, -0.1) is 0 Å². The van der Waals surface area contributed by atoms with Gasteiger partial charge in [-0.05, 0) is 31.2 Å². The third-order valence-electron chi connectivity index (χ3n) is 3.92. The van der Waals surface area contributed by atoms with Crippen LogP contribution in [-0.2, 0) is 0 Å². The van der Waals surface area contributed by atoms with Gasteiger partial charge in [0.1, 0.15) is 11.6 Å². The van der Waals surface area contributed by atoms with Gasteiger partial charge in [0.2, 0.25) is 0 Å². The van der Waals surface area contributed by atoms with Crippen LogP contribution in [0.1, 0.15) is 5.82 Å². The molecule has 0 radical (unpaired) electrons. The maximum atomic E-state index is 5.25. The summed E-state index contributed by atoms with van der Waals surface area (Å²) in [5.41, 5.74) is 2.83. The zero-order chi connectivity index (χ0) is 17.2. The molecule has 4 aromatic rings. The van der Waals surface area contributed by atoms with Crippen molar-refractivity contribution in [1.82, 2.24) is 19.5 Å². The van der Waals surface area contributed by atoms with Crippen LogP contribution in [-0.4, -0.2) is 26.6 Å². The van der Waals surface area contributed by atoms with Gasteiger partial charge in [0.15, 0.2) is 11.6 Å². The molecule has 2 heterocycles. The van der Waals surface area contributed by atoms with Crippen LogP contribution >= 0.6 is 0 Å². The summed E-state index contributed by atoms with van der Waals surface area (Å²) < 4.78 is 7.25. The van der Waals surface area contributed by atoms with Crippen LogP contribution in [0.15, 0.2) is 60.9 Å². The number of fused-ring (bicyclic) bond motifs is 1. The number of hydrogen-bond donors (Lipinski definition) is 1. The predicted molar refractivity (Wildman–Crippen MR) is 97.7 cm³/mol. The highest BCUT2D eigenvalue weighted by Gasteiger charge is 2.10. The Bertz CT molecular complexity index is 1040. The molecular formula is C19H17N5O. The minimum atomic E-state index is 0.655. The van der Waals surface area contributed by atoms with Gasteiger partial charge in [-0.25, -0.2) is 9.97 Å². The van der Waals surface area contributed by atoms with Crippen molar-refractivity contribution in [2.75, 3.05) is 12.4 Å². The Morgan fingerprint density at radius 2 is 1.88 bits per heavy atom. The zero-order valence-corrected chi connectivity index (χ0v) is 14.0. The number of rotatable bonds is 4. The number of nitrogens with zero attached hydrogens (tertiary/aromatic N) is 4. The summed E-state index contributed by atoms with van der Waals surface area (Å²) in [5, 5.41) is 3.26. The first-order valence-electron chi connectivity index (χ1n) is 7.92. The van der Waals surface area contributed by atoms with Gasteiger partial charge >= 0.3 is 0 Å². The van der Waals surface area contributed by atoms with E-state index in [0.717, 1.165) is 34.1 Å². The van der Waals surface area contributed by atoms with Crippen LogP contribution in [0, 0.1) is 6.92 Å². The third-order valence-corrected chi connectivity index (χ3v) is 3.92. The van der Waals surface area contributed by atoms with E-state index in [0.29, 0.717) is 5.82 Å². The summed E-state index contributed by atoms with van der Waals surface area (Å²) in [7, 11) is 1.65. The minimum Gasteiger partial charge on any atom is -0.497 e. The molecule has 0 unspecified atom stereocenters. The van der Waals surface area contributed by atoms with Crippen molar-refractivity contribution in [2.24, 2.45) is 0 Å². The molecule has 0 saturated heterocycles. The summed E-state index contributed by atoms with van der Waals surface area (Å²) >= 11 is 0. The number of hydrogen-bond acceptors (Lipinski definition) is 5. The smallest absolute Gasteiger partial charge is 0.159 e. The maximum absolute atomic E-state index is 5.25. The Kier molecular flexibility index (Phi) is 3.78. The van der Waals surface area contributed by atoms with Crippen molar-refractivity contribution >= 4 is 22.5 Å². The number of benzene rings is 2. The molecule has 124 valence electrons. The Labute approximate surface area is 145 Å². The number of methoxy groups -OCH3 is 1. The lowest BCUT2D eigenvalue weighted by atomic mass is 10.3. The number of nitrogens with one attached hydrogen (secondary N) is 1. The fourth-order valence-corrected chi connectivity index (χ4v) is 2.81. The largest absolute Gasteiger partial charge is 0.497 e. The Balaban J connectivity index is 1.73. The van der Waals surface area contributed by atoms with E-state index in [1.54, 1.807) is 19.5 Å². The SMILES string of the molecule is COc1cccc(Nc2cncc(-n3c(C)nc4ccccc43)n2)c1. The highest BCUT2D eigenvalue weighted by Crippen LogP contribution is 2.23. The number of anilines is 2. The second-order valence-electron chi connectivity index (χ2n) is 5.60. The summed E-state index contributed by atoms with van der Waals surface area (Å²) in [6, 6.07) is 15.7. The van der Waals surface area contributed by atoms with Gasteiger partial charge in [0, 0.05) is 11.8 Å². The van der Waals surface area contributed by atoms with E-state index < -0.39 is 0 Å². The van der Waals surface area contributed by atoms with Crippen LogP contribution in [0.4, 0.5) is 11.5 Å². The van der Waals surface area contributed by atoms with E-state index in [2.05, 4.69) is 20.3 Å². The van der Waals surface area contributed by atoms with Crippen molar-refractivity contribution in [3.63, 3.8) is 0 Å². The van der Waals surface area contributed by atoms with Crippen molar-refractivity contribution in [2.45, 2.75) is 6.92 Å². The molecule has 2 aromatic carbocycles. The lowest BCUT2D eigenvalue weighted by Crippen LogP contribution is -2.03. The highest BCUT2D eigenvalue weighted by molar-refractivity contribution is 5.77. The molecule has 1 N–H and O–H groups in total. The van der Waals surface area contributed by atoms with Crippen molar-refractivity contribution in [3.8, 4) is 11.6 Å². The second-order valence-corrected chi connectivity index (χ2v) is 5.60. The minimum absolute atomic E-state index is 0.655. The fraction of sp³-hybridized carbons (Fsp3) is 0.105. The van der Waals surface area contributed by atoms with E-state index >= 15 is 0 Å².